The largest absolute Gasteiger partial charge is 0.454 e. The summed E-state index contributed by atoms with van der Waals surface area (Å²) in [6.07, 6.45) is 3.60. The van der Waals surface area contributed by atoms with Crippen molar-refractivity contribution in [3.63, 3.8) is 0 Å². The van der Waals surface area contributed by atoms with E-state index in [4.69, 9.17) is 4.42 Å². The Morgan fingerprint density at radius 2 is 1.00 bits per heavy atom. The molecule has 0 unspecified atom stereocenters. The van der Waals surface area contributed by atoms with Crippen molar-refractivity contribution in [3.8, 4) is 22.3 Å². The highest BCUT2D eigenvalue weighted by Gasteiger charge is 2.16. The standard InChI is InChI=1S/C43H28N2O/c1-2-6-29(7-3-1)30-14-18-35(19-15-30)45(37-22-23-42-41(27-37)39-24-25-44-28-43(39)46-42)36-20-16-31(17-21-36)34-13-12-33-11-10-32-8-4-5-9-38(32)40(33)26-34/h1-28H. The van der Waals surface area contributed by atoms with Gasteiger partial charge in [-0.15, -0.1) is 0 Å². The molecule has 46 heavy (non-hydrogen) atoms. The number of hydrogen-bond donors (Lipinski definition) is 0. The number of aromatic nitrogens is 1. The third-order valence-electron chi connectivity index (χ3n) is 8.95. The van der Waals surface area contributed by atoms with Crippen LogP contribution in [0.1, 0.15) is 0 Å². The molecule has 9 rings (SSSR count). The smallest absolute Gasteiger partial charge is 0.153 e. The van der Waals surface area contributed by atoms with Crippen LogP contribution in [0.15, 0.2) is 175 Å². The fourth-order valence-corrected chi connectivity index (χ4v) is 6.62. The van der Waals surface area contributed by atoms with E-state index in [9.17, 15) is 0 Å². The molecule has 3 nitrogen and oxygen atoms in total. The number of rotatable bonds is 5. The van der Waals surface area contributed by atoms with Gasteiger partial charge in [0.15, 0.2) is 5.58 Å². The average Bonchev–Trinajstić information content (AvgIpc) is 3.51. The van der Waals surface area contributed by atoms with Crippen molar-refractivity contribution in [2.75, 3.05) is 4.90 Å². The molecule has 0 bridgehead atoms. The number of nitrogens with zero attached hydrogens (tertiary/aromatic N) is 2. The minimum Gasteiger partial charge on any atom is -0.454 e. The molecule has 0 aliphatic rings. The van der Waals surface area contributed by atoms with Crippen LogP contribution in [0.5, 0.6) is 0 Å². The Hall–Kier alpha value is -6.19. The van der Waals surface area contributed by atoms with Gasteiger partial charge in [-0.2, -0.15) is 0 Å². The second kappa shape index (κ2) is 10.8. The topological polar surface area (TPSA) is 29.3 Å². The minimum absolute atomic E-state index is 0.793. The van der Waals surface area contributed by atoms with Crippen molar-refractivity contribution < 1.29 is 4.42 Å². The van der Waals surface area contributed by atoms with E-state index in [0.717, 1.165) is 39.0 Å². The molecule has 0 amide bonds. The number of furan rings is 1. The van der Waals surface area contributed by atoms with Crippen LogP contribution in [0.3, 0.4) is 0 Å². The average molecular weight is 589 g/mol. The van der Waals surface area contributed by atoms with E-state index in [-0.39, 0.29) is 0 Å². The highest BCUT2D eigenvalue weighted by molar-refractivity contribution is 6.09. The highest BCUT2D eigenvalue weighted by Crippen LogP contribution is 2.40. The molecular formula is C43H28N2O. The summed E-state index contributed by atoms with van der Waals surface area (Å²) in [7, 11) is 0. The molecular weight excluding hydrogens is 560 g/mol. The molecule has 9 aromatic rings. The molecule has 0 saturated carbocycles. The van der Waals surface area contributed by atoms with Gasteiger partial charge in [-0.25, -0.2) is 0 Å². The lowest BCUT2D eigenvalue weighted by Gasteiger charge is -2.26. The second-order valence-corrected chi connectivity index (χ2v) is 11.7. The van der Waals surface area contributed by atoms with Gasteiger partial charge in [-0.1, -0.05) is 103 Å². The van der Waals surface area contributed by atoms with Gasteiger partial charge < -0.3 is 9.32 Å². The van der Waals surface area contributed by atoms with Crippen molar-refractivity contribution in [2.45, 2.75) is 0 Å². The Morgan fingerprint density at radius 1 is 0.391 bits per heavy atom. The van der Waals surface area contributed by atoms with Crippen LogP contribution in [0, 0.1) is 0 Å². The zero-order valence-corrected chi connectivity index (χ0v) is 25.0. The van der Waals surface area contributed by atoms with E-state index in [2.05, 4.69) is 162 Å². The molecule has 0 spiro atoms. The molecule has 2 heterocycles. The summed E-state index contributed by atoms with van der Waals surface area (Å²) < 4.78 is 6.10. The lowest BCUT2D eigenvalue weighted by molar-refractivity contribution is 0.667. The van der Waals surface area contributed by atoms with Crippen LogP contribution in [0.4, 0.5) is 17.1 Å². The van der Waals surface area contributed by atoms with Crippen LogP contribution >= 0.6 is 0 Å². The highest BCUT2D eigenvalue weighted by atomic mass is 16.3. The van der Waals surface area contributed by atoms with Crippen molar-refractivity contribution in [1.29, 1.82) is 0 Å². The number of pyridine rings is 1. The van der Waals surface area contributed by atoms with Gasteiger partial charge in [0.05, 0.1) is 6.20 Å². The second-order valence-electron chi connectivity index (χ2n) is 11.7. The fraction of sp³-hybridized carbons (Fsp3) is 0. The van der Waals surface area contributed by atoms with Gasteiger partial charge >= 0.3 is 0 Å². The maximum Gasteiger partial charge on any atom is 0.153 e. The number of anilines is 3. The fourth-order valence-electron chi connectivity index (χ4n) is 6.62. The molecule has 216 valence electrons. The van der Waals surface area contributed by atoms with Crippen molar-refractivity contribution in [1.82, 2.24) is 4.98 Å². The van der Waals surface area contributed by atoms with Gasteiger partial charge in [0.1, 0.15) is 5.58 Å². The molecule has 0 radical (unpaired) electrons. The lowest BCUT2D eigenvalue weighted by atomic mass is 9.97. The van der Waals surface area contributed by atoms with Crippen LogP contribution in [0.25, 0.3) is 65.7 Å². The first-order valence-corrected chi connectivity index (χ1v) is 15.5. The van der Waals surface area contributed by atoms with Gasteiger partial charge in [0.25, 0.3) is 0 Å². The van der Waals surface area contributed by atoms with Crippen LogP contribution in [-0.2, 0) is 0 Å². The zero-order valence-electron chi connectivity index (χ0n) is 25.0. The first-order chi connectivity index (χ1) is 22.8. The molecule has 0 aliphatic heterocycles. The van der Waals surface area contributed by atoms with Crippen molar-refractivity contribution in [3.05, 3.63) is 170 Å². The number of hydrogen-bond acceptors (Lipinski definition) is 3. The predicted molar refractivity (Wildman–Crippen MR) is 192 cm³/mol. The van der Waals surface area contributed by atoms with Gasteiger partial charge in [-0.3, -0.25) is 4.98 Å². The summed E-state index contributed by atoms with van der Waals surface area (Å²) in [5.74, 6) is 0. The molecule has 7 aromatic carbocycles. The zero-order chi connectivity index (χ0) is 30.5. The Labute approximate surface area is 266 Å². The first-order valence-electron chi connectivity index (χ1n) is 15.5. The van der Waals surface area contributed by atoms with Gasteiger partial charge in [0, 0.05) is 34.0 Å². The predicted octanol–water partition coefficient (Wildman–Crippen LogP) is 12.1. The van der Waals surface area contributed by atoms with E-state index < -0.39 is 0 Å². The van der Waals surface area contributed by atoms with Crippen LogP contribution in [-0.4, -0.2) is 4.98 Å². The third kappa shape index (κ3) is 4.49. The summed E-state index contributed by atoms with van der Waals surface area (Å²) in [6, 6.07) is 56.4. The maximum atomic E-state index is 6.10. The molecule has 3 heteroatoms. The van der Waals surface area contributed by atoms with Crippen LogP contribution < -0.4 is 4.90 Å². The van der Waals surface area contributed by atoms with E-state index in [0.29, 0.717) is 0 Å². The van der Waals surface area contributed by atoms with Gasteiger partial charge in [-0.05, 0) is 98.4 Å². The Balaban J connectivity index is 1.15. The summed E-state index contributed by atoms with van der Waals surface area (Å²) in [6.45, 7) is 0. The minimum atomic E-state index is 0.793. The SMILES string of the molecule is c1ccc(-c2ccc(N(c3ccc(-c4ccc5ccc6ccccc6c5c4)cc3)c3ccc4oc5cnccc5c4c3)cc2)cc1. The Morgan fingerprint density at radius 3 is 1.78 bits per heavy atom. The summed E-state index contributed by atoms with van der Waals surface area (Å²) in [5, 5.41) is 7.20. The van der Waals surface area contributed by atoms with Crippen molar-refractivity contribution in [2.24, 2.45) is 0 Å². The van der Waals surface area contributed by atoms with E-state index in [1.807, 2.05) is 12.3 Å². The molecule has 0 fully saturated rings. The molecule has 0 atom stereocenters. The molecule has 0 aliphatic carbocycles. The lowest BCUT2D eigenvalue weighted by Crippen LogP contribution is -2.09. The Kier molecular flexibility index (Phi) is 6.14. The molecule has 2 aromatic heterocycles. The molecule has 0 N–H and O–H groups in total. The summed E-state index contributed by atoms with van der Waals surface area (Å²) in [5.41, 5.74) is 9.64. The summed E-state index contributed by atoms with van der Waals surface area (Å²) >= 11 is 0. The van der Waals surface area contributed by atoms with Crippen LogP contribution in [0.2, 0.25) is 0 Å². The number of benzene rings is 7. The maximum absolute atomic E-state index is 6.10. The first kappa shape index (κ1) is 26.2. The Bertz CT molecular complexity index is 2510. The number of fused-ring (bicyclic) bond motifs is 6. The quantitative estimate of drug-likeness (QED) is 0.187. The van der Waals surface area contributed by atoms with E-state index in [1.165, 1.54) is 43.8 Å². The monoisotopic (exact) mass is 588 g/mol. The summed E-state index contributed by atoms with van der Waals surface area (Å²) in [4.78, 5) is 6.57. The van der Waals surface area contributed by atoms with Gasteiger partial charge in [0.2, 0.25) is 0 Å². The van der Waals surface area contributed by atoms with E-state index >= 15 is 0 Å². The normalized spacial score (nSPS) is 11.5. The van der Waals surface area contributed by atoms with E-state index in [1.54, 1.807) is 6.20 Å². The molecule has 0 saturated heterocycles. The van der Waals surface area contributed by atoms with Crippen molar-refractivity contribution >= 4 is 60.5 Å². The third-order valence-corrected chi connectivity index (χ3v) is 8.95.